The van der Waals surface area contributed by atoms with Crippen LogP contribution in [0.5, 0.6) is 0 Å². The molecule has 1 aliphatic rings. The Kier molecular flexibility index (Phi) is 3.25. The number of nitrogens with two attached hydrogens (primary N) is 1. The number of benzene rings is 2. The minimum Gasteiger partial charge on any atom is -0.330 e. The lowest BCUT2D eigenvalue weighted by Crippen LogP contribution is -2.07. The lowest BCUT2D eigenvalue weighted by Gasteiger charge is -2.13. The van der Waals surface area contributed by atoms with Crippen molar-refractivity contribution in [2.75, 3.05) is 6.54 Å². The minimum absolute atomic E-state index is 0.0514. The summed E-state index contributed by atoms with van der Waals surface area (Å²) in [6, 6.07) is 8.43. The van der Waals surface area contributed by atoms with Crippen LogP contribution in [0.25, 0.3) is 11.1 Å². The van der Waals surface area contributed by atoms with E-state index in [1.165, 1.54) is 6.07 Å². The Labute approximate surface area is 121 Å². The van der Waals surface area contributed by atoms with Crippen LogP contribution in [0, 0.1) is 5.82 Å². The molecule has 0 radical (unpaired) electrons. The van der Waals surface area contributed by atoms with Gasteiger partial charge in [-0.3, -0.25) is 0 Å². The molecular formula is C15H12Cl2FN. The smallest absolute Gasteiger partial charge is 0.123 e. The van der Waals surface area contributed by atoms with Crippen LogP contribution in [-0.4, -0.2) is 6.54 Å². The maximum Gasteiger partial charge on any atom is 0.123 e. The highest BCUT2D eigenvalue weighted by atomic mass is 35.5. The van der Waals surface area contributed by atoms with E-state index in [9.17, 15) is 4.39 Å². The summed E-state index contributed by atoms with van der Waals surface area (Å²) < 4.78 is 13.5. The molecule has 2 aromatic rings. The van der Waals surface area contributed by atoms with E-state index < -0.39 is 0 Å². The Balaban J connectivity index is 2.28. The van der Waals surface area contributed by atoms with Gasteiger partial charge in [-0.1, -0.05) is 29.3 Å². The van der Waals surface area contributed by atoms with Gasteiger partial charge in [0, 0.05) is 16.0 Å². The number of rotatable bonds is 2. The van der Waals surface area contributed by atoms with Crippen LogP contribution in [0.4, 0.5) is 4.39 Å². The molecule has 0 heterocycles. The summed E-state index contributed by atoms with van der Waals surface area (Å²) in [5.74, 6) is -0.189. The molecule has 1 atom stereocenters. The molecule has 0 spiro atoms. The predicted octanol–water partition coefficient (Wildman–Crippen LogP) is 4.59. The fourth-order valence-electron chi connectivity index (χ4n) is 2.85. The molecule has 19 heavy (non-hydrogen) atoms. The molecule has 98 valence electrons. The van der Waals surface area contributed by atoms with Gasteiger partial charge in [0.05, 0.1) is 0 Å². The van der Waals surface area contributed by atoms with Gasteiger partial charge >= 0.3 is 0 Å². The molecule has 3 rings (SSSR count). The average molecular weight is 296 g/mol. The summed E-state index contributed by atoms with van der Waals surface area (Å²) in [5.41, 5.74) is 9.63. The van der Waals surface area contributed by atoms with Gasteiger partial charge in [0.15, 0.2) is 0 Å². The van der Waals surface area contributed by atoms with Crippen molar-refractivity contribution < 1.29 is 4.39 Å². The van der Waals surface area contributed by atoms with E-state index in [0.29, 0.717) is 16.6 Å². The second-order valence-corrected chi connectivity index (χ2v) is 5.55. The Morgan fingerprint density at radius 3 is 2.63 bits per heavy atom. The average Bonchev–Trinajstić information content (AvgIpc) is 2.64. The van der Waals surface area contributed by atoms with E-state index in [2.05, 4.69) is 0 Å². The summed E-state index contributed by atoms with van der Waals surface area (Å²) in [6.45, 7) is 0.527. The third-order valence-electron chi connectivity index (χ3n) is 3.58. The SMILES string of the molecule is NCCC1c2cc(F)ccc2-c2cc(Cl)cc(Cl)c21. The molecule has 0 aromatic heterocycles. The fourth-order valence-corrected chi connectivity index (χ4v) is 3.48. The lowest BCUT2D eigenvalue weighted by molar-refractivity contribution is 0.622. The molecule has 2 aromatic carbocycles. The van der Waals surface area contributed by atoms with Gasteiger partial charge in [-0.05, 0) is 59.5 Å². The number of fused-ring (bicyclic) bond motifs is 3. The maximum atomic E-state index is 13.5. The Morgan fingerprint density at radius 1 is 1.11 bits per heavy atom. The Bertz CT molecular complexity index is 655. The molecule has 0 saturated carbocycles. The zero-order valence-electron chi connectivity index (χ0n) is 10.1. The van der Waals surface area contributed by atoms with E-state index in [-0.39, 0.29) is 11.7 Å². The van der Waals surface area contributed by atoms with Crippen LogP contribution in [0.1, 0.15) is 23.5 Å². The first-order valence-electron chi connectivity index (χ1n) is 6.10. The van der Waals surface area contributed by atoms with Crippen LogP contribution in [0.3, 0.4) is 0 Å². The standard InChI is InChI=1S/C15H12Cl2FN/c16-8-5-13-10-2-1-9(18)7-12(10)11(3-4-19)15(13)14(17)6-8/h1-2,5-7,11H,3-4,19H2. The van der Waals surface area contributed by atoms with E-state index in [4.69, 9.17) is 28.9 Å². The van der Waals surface area contributed by atoms with Crippen molar-refractivity contribution in [2.45, 2.75) is 12.3 Å². The van der Waals surface area contributed by atoms with Crippen molar-refractivity contribution in [3.05, 3.63) is 57.3 Å². The van der Waals surface area contributed by atoms with Crippen molar-refractivity contribution in [3.8, 4) is 11.1 Å². The molecule has 1 nitrogen and oxygen atoms in total. The van der Waals surface area contributed by atoms with Crippen LogP contribution < -0.4 is 5.73 Å². The maximum absolute atomic E-state index is 13.5. The molecule has 1 unspecified atom stereocenters. The quantitative estimate of drug-likeness (QED) is 0.861. The summed E-state index contributed by atoms with van der Waals surface area (Å²) in [6.07, 6.45) is 0.741. The molecule has 0 amide bonds. The molecule has 0 bridgehead atoms. The first-order valence-corrected chi connectivity index (χ1v) is 6.86. The van der Waals surface area contributed by atoms with E-state index >= 15 is 0 Å². The topological polar surface area (TPSA) is 26.0 Å². The Hall–Kier alpha value is -1.09. The fraction of sp³-hybridized carbons (Fsp3) is 0.200. The molecule has 2 N–H and O–H groups in total. The van der Waals surface area contributed by atoms with E-state index in [1.54, 1.807) is 18.2 Å². The minimum atomic E-state index is -0.240. The third-order valence-corrected chi connectivity index (χ3v) is 4.11. The molecule has 0 fully saturated rings. The van der Waals surface area contributed by atoms with Gasteiger partial charge in [-0.25, -0.2) is 4.39 Å². The van der Waals surface area contributed by atoms with E-state index in [1.807, 2.05) is 6.07 Å². The summed E-state index contributed by atoms with van der Waals surface area (Å²) >= 11 is 12.4. The summed E-state index contributed by atoms with van der Waals surface area (Å²) in [5, 5.41) is 1.21. The van der Waals surface area contributed by atoms with Gasteiger partial charge in [0.2, 0.25) is 0 Å². The van der Waals surface area contributed by atoms with Crippen LogP contribution >= 0.6 is 23.2 Å². The van der Waals surface area contributed by atoms with Crippen molar-refractivity contribution in [3.63, 3.8) is 0 Å². The zero-order chi connectivity index (χ0) is 13.6. The van der Waals surface area contributed by atoms with Crippen LogP contribution in [0.15, 0.2) is 30.3 Å². The highest BCUT2D eigenvalue weighted by molar-refractivity contribution is 6.36. The van der Waals surface area contributed by atoms with Crippen LogP contribution in [-0.2, 0) is 0 Å². The lowest BCUT2D eigenvalue weighted by atomic mass is 9.93. The third kappa shape index (κ3) is 2.04. The van der Waals surface area contributed by atoms with Gasteiger partial charge in [0.25, 0.3) is 0 Å². The predicted molar refractivity (Wildman–Crippen MR) is 77.4 cm³/mol. The van der Waals surface area contributed by atoms with Crippen molar-refractivity contribution >= 4 is 23.2 Å². The summed E-state index contributed by atoms with van der Waals surface area (Å²) in [7, 11) is 0. The molecule has 1 aliphatic carbocycles. The Morgan fingerprint density at radius 2 is 1.89 bits per heavy atom. The largest absolute Gasteiger partial charge is 0.330 e. The zero-order valence-corrected chi connectivity index (χ0v) is 11.6. The monoisotopic (exact) mass is 295 g/mol. The molecule has 0 saturated heterocycles. The number of hydrogen-bond acceptors (Lipinski definition) is 1. The molecular weight excluding hydrogens is 284 g/mol. The van der Waals surface area contributed by atoms with Crippen molar-refractivity contribution in [1.29, 1.82) is 0 Å². The summed E-state index contributed by atoms with van der Waals surface area (Å²) in [4.78, 5) is 0. The molecule has 4 heteroatoms. The highest BCUT2D eigenvalue weighted by Crippen LogP contribution is 2.50. The molecule has 0 aliphatic heterocycles. The first-order chi connectivity index (χ1) is 9.11. The highest BCUT2D eigenvalue weighted by Gasteiger charge is 2.30. The van der Waals surface area contributed by atoms with Gasteiger partial charge in [0.1, 0.15) is 5.82 Å². The van der Waals surface area contributed by atoms with Gasteiger partial charge in [-0.15, -0.1) is 0 Å². The number of halogens is 3. The van der Waals surface area contributed by atoms with Crippen LogP contribution in [0.2, 0.25) is 10.0 Å². The second-order valence-electron chi connectivity index (χ2n) is 4.71. The van der Waals surface area contributed by atoms with Gasteiger partial charge in [-0.2, -0.15) is 0 Å². The van der Waals surface area contributed by atoms with E-state index in [0.717, 1.165) is 28.7 Å². The van der Waals surface area contributed by atoms with Crippen molar-refractivity contribution in [1.82, 2.24) is 0 Å². The number of hydrogen-bond donors (Lipinski definition) is 1. The first kappa shape index (κ1) is 12.9. The van der Waals surface area contributed by atoms with Crippen molar-refractivity contribution in [2.24, 2.45) is 5.73 Å². The second kappa shape index (κ2) is 4.78. The normalized spacial score (nSPS) is 16.3. The van der Waals surface area contributed by atoms with Gasteiger partial charge < -0.3 is 5.73 Å².